The van der Waals surface area contributed by atoms with Gasteiger partial charge in [0.25, 0.3) is 0 Å². The van der Waals surface area contributed by atoms with Crippen molar-refractivity contribution in [2.75, 3.05) is 4.90 Å². The number of nitrogens with zero attached hydrogens (tertiary/aromatic N) is 3. The molecule has 10 heteroatoms. The lowest BCUT2D eigenvalue weighted by Gasteiger charge is -2.28. The van der Waals surface area contributed by atoms with E-state index in [1.807, 2.05) is 0 Å². The molecule has 168 valence electrons. The first kappa shape index (κ1) is 26.0. The highest BCUT2D eigenvalue weighted by molar-refractivity contribution is 7.85. The Bertz CT molecular complexity index is 823. The first-order chi connectivity index (χ1) is 13.4. The fourth-order valence-electron chi connectivity index (χ4n) is 1.79. The van der Waals surface area contributed by atoms with Gasteiger partial charge in [-0.1, -0.05) is 11.6 Å². The van der Waals surface area contributed by atoms with Gasteiger partial charge in [-0.25, -0.2) is 18.8 Å². The van der Waals surface area contributed by atoms with Crippen molar-refractivity contribution in [3.63, 3.8) is 0 Å². The molecule has 0 fully saturated rings. The smallest absolute Gasteiger partial charge is 0.425 e. The van der Waals surface area contributed by atoms with Gasteiger partial charge in [-0.05, 0) is 74.4 Å². The summed E-state index contributed by atoms with van der Waals surface area (Å²) in [7, 11) is -1.53. The maximum absolute atomic E-state index is 12.7. The molecule has 30 heavy (non-hydrogen) atoms. The number of anilines is 1. The SMILES string of the molecule is CC(C)(C)OC(=O)N(C(=O)OC(C)(C)C)c1ccc(Cl)c(/C=N/[S@@](=O)C(C)(C)C)n1. The zero-order valence-corrected chi connectivity index (χ0v) is 20.5. The topological polar surface area (TPSA) is 98.2 Å². The van der Waals surface area contributed by atoms with Crippen LogP contribution in [-0.2, 0) is 20.5 Å². The molecule has 0 aliphatic heterocycles. The van der Waals surface area contributed by atoms with Crippen LogP contribution >= 0.6 is 11.6 Å². The van der Waals surface area contributed by atoms with E-state index >= 15 is 0 Å². The van der Waals surface area contributed by atoms with Crippen molar-refractivity contribution in [1.82, 2.24) is 4.98 Å². The Morgan fingerprint density at radius 2 is 1.47 bits per heavy atom. The molecule has 0 spiro atoms. The summed E-state index contributed by atoms with van der Waals surface area (Å²) in [6.07, 6.45) is -0.657. The van der Waals surface area contributed by atoms with Gasteiger partial charge in [-0.2, -0.15) is 9.30 Å². The number of carbonyl (C=O) groups excluding carboxylic acids is 2. The van der Waals surface area contributed by atoms with Gasteiger partial charge in [0.2, 0.25) is 0 Å². The average Bonchev–Trinajstić information content (AvgIpc) is 2.50. The number of imide groups is 1. The summed E-state index contributed by atoms with van der Waals surface area (Å²) in [5.41, 5.74) is -1.56. The van der Waals surface area contributed by atoms with E-state index in [1.54, 1.807) is 62.3 Å². The van der Waals surface area contributed by atoms with E-state index in [1.165, 1.54) is 18.3 Å². The van der Waals surface area contributed by atoms with Crippen LogP contribution in [0.5, 0.6) is 0 Å². The van der Waals surface area contributed by atoms with Crippen molar-refractivity contribution in [3.8, 4) is 0 Å². The number of pyridine rings is 1. The van der Waals surface area contributed by atoms with Crippen LogP contribution in [-0.4, -0.2) is 43.5 Å². The van der Waals surface area contributed by atoms with Crippen LogP contribution in [0.2, 0.25) is 5.02 Å². The molecule has 8 nitrogen and oxygen atoms in total. The van der Waals surface area contributed by atoms with Crippen molar-refractivity contribution < 1.29 is 23.3 Å². The second-order valence-electron chi connectivity index (χ2n) is 9.43. The third-order valence-corrected chi connectivity index (χ3v) is 4.70. The van der Waals surface area contributed by atoms with E-state index in [2.05, 4.69) is 9.38 Å². The maximum atomic E-state index is 12.7. The summed E-state index contributed by atoms with van der Waals surface area (Å²) >= 11 is 6.17. The van der Waals surface area contributed by atoms with Crippen molar-refractivity contribution >= 4 is 46.8 Å². The van der Waals surface area contributed by atoms with Crippen LogP contribution < -0.4 is 4.90 Å². The molecule has 0 saturated carbocycles. The predicted molar refractivity (Wildman–Crippen MR) is 120 cm³/mol. The van der Waals surface area contributed by atoms with Gasteiger partial charge in [0.1, 0.15) is 33.7 Å². The summed E-state index contributed by atoms with van der Waals surface area (Å²) in [5, 5.41) is 0.210. The number of hydrogen-bond donors (Lipinski definition) is 0. The van der Waals surface area contributed by atoms with Gasteiger partial charge in [-0.15, -0.1) is 0 Å². The van der Waals surface area contributed by atoms with E-state index in [0.717, 1.165) is 0 Å². The molecule has 0 unspecified atom stereocenters. The Morgan fingerprint density at radius 1 is 1.00 bits per heavy atom. The fraction of sp³-hybridized carbons (Fsp3) is 0.600. The van der Waals surface area contributed by atoms with Crippen LogP contribution in [0.15, 0.2) is 16.5 Å². The highest BCUT2D eigenvalue weighted by atomic mass is 35.5. The molecule has 1 heterocycles. The van der Waals surface area contributed by atoms with E-state index in [9.17, 15) is 13.8 Å². The molecule has 1 aromatic rings. The molecule has 0 bridgehead atoms. The number of halogens is 1. The van der Waals surface area contributed by atoms with E-state index in [4.69, 9.17) is 21.1 Å². The van der Waals surface area contributed by atoms with Crippen molar-refractivity contribution in [2.24, 2.45) is 4.40 Å². The lowest BCUT2D eigenvalue weighted by molar-refractivity contribution is 0.0429. The summed E-state index contributed by atoms with van der Waals surface area (Å²) < 4.78 is 26.3. The lowest BCUT2D eigenvalue weighted by atomic mass is 10.2. The third kappa shape index (κ3) is 8.39. The molecule has 0 aliphatic rings. The zero-order valence-electron chi connectivity index (χ0n) is 18.9. The summed E-state index contributed by atoms with van der Waals surface area (Å²) in [4.78, 5) is 30.4. The van der Waals surface area contributed by atoms with Crippen molar-refractivity contribution in [2.45, 2.75) is 78.3 Å². The Balaban J connectivity index is 3.39. The quantitative estimate of drug-likeness (QED) is 0.569. The molecule has 1 rings (SSSR count). The monoisotopic (exact) mass is 459 g/mol. The Morgan fingerprint density at radius 3 is 1.87 bits per heavy atom. The predicted octanol–water partition coefficient (Wildman–Crippen LogP) is 5.29. The van der Waals surface area contributed by atoms with Gasteiger partial charge in [0, 0.05) is 0 Å². The highest BCUT2D eigenvalue weighted by Gasteiger charge is 2.33. The van der Waals surface area contributed by atoms with Gasteiger partial charge in [0.15, 0.2) is 0 Å². The minimum Gasteiger partial charge on any atom is -0.443 e. The van der Waals surface area contributed by atoms with Gasteiger partial charge >= 0.3 is 12.2 Å². The molecule has 1 atom stereocenters. The number of amides is 2. The Kier molecular flexibility index (Phi) is 8.18. The number of aromatic nitrogens is 1. The van der Waals surface area contributed by atoms with E-state index in [-0.39, 0.29) is 16.5 Å². The molecule has 2 amide bonds. The minimum atomic E-state index is -1.53. The van der Waals surface area contributed by atoms with Gasteiger partial charge in [0.05, 0.1) is 16.0 Å². The van der Waals surface area contributed by atoms with Gasteiger partial charge < -0.3 is 9.47 Å². The second-order valence-corrected chi connectivity index (χ2v) is 11.8. The standard InChI is InChI=1S/C20H30ClN3O5S/c1-18(2,3)28-16(25)24(17(26)29-19(4,5)6)15-11-10-13(21)14(23-15)12-22-30(27)20(7,8)9/h10-12H,1-9H3/b22-12+/t30-/m0/s1. The van der Waals surface area contributed by atoms with Crippen LogP contribution in [0, 0.1) is 0 Å². The summed E-state index contributed by atoms with van der Waals surface area (Å²) in [5.74, 6) is -0.0640. The first-order valence-corrected chi connectivity index (χ1v) is 10.8. The summed E-state index contributed by atoms with van der Waals surface area (Å²) in [6.45, 7) is 15.4. The highest BCUT2D eigenvalue weighted by Crippen LogP contribution is 2.23. The molecular formula is C20H30ClN3O5S. The van der Waals surface area contributed by atoms with Crippen molar-refractivity contribution in [1.29, 1.82) is 0 Å². The Hall–Kier alpha value is -2.00. The first-order valence-electron chi connectivity index (χ1n) is 9.29. The van der Waals surface area contributed by atoms with Crippen LogP contribution in [0.4, 0.5) is 15.4 Å². The van der Waals surface area contributed by atoms with Gasteiger partial charge in [-0.3, -0.25) is 0 Å². The van der Waals surface area contributed by atoms with Crippen molar-refractivity contribution in [3.05, 3.63) is 22.8 Å². The molecular weight excluding hydrogens is 430 g/mol. The fourth-order valence-corrected chi connectivity index (χ4v) is 2.46. The minimum absolute atomic E-state index is 0.0640. The number of hydrogen-bond acceptors (Lipinski definition) is 6. The zero-order chi connectivity index (χ0) is 23.5. The summed E-state index contributed by atoms with van der Waals surface area (Å²) in [6, 6.07) is 2.83. The van der Waals surface area contributed by atoms with Crippen LogP contribution in [0.25, 0.3) is 0 Å². The molecule has 0 aliphatic carbocycles. The molecule has 0 aromatic carbocycles. The van der Waals surface area contributed by atoms with Crippen LogP contribution in [0.1, 0.15) is 68.0 Å². The number of rotatable bonds is 3. The van der Waals surface area contributed by atoms with E-state index in [0.29, 0.717) is 4.90 Å². The largest absolute Gasteiger partial charge is 0.443 e. The molecule has 0 N–H and O–H groups in total. The maximum Gasteiger partial charge on any atom is 0.425 e. The lowest BCUT2D eigenvalue weighted by Crippen LogP contribution is -2.44. The molecule has 1 aromatic heterocycles. The average molecular weight is 460 g/mol. The normalized spacial score (nSPS) is 13.8. The third-order valence-electron chi connectivity index (χ3n) is 3.03. The van der Waals surface area contributed by atoms with E-state index < -0.39 is 39.1 Å². The molecule has 0 saturated heterocycles. The molecule has 0 radical (unpaired) electrons. The number of carbonyl (C=O) groups is 2. The number of ether oxygens (including phenoxy) is 2. The second kappa shape index (κ2) is 9.43. The Labute approximate surface area is 185 Å². The van der Waals surface area contributed by atoms with Crippen LogP contribution in [0.3, 0.4) is 0 Å².